The van der Waals surface area contributed by atoms with Gasteiger partial charge < -0.3 is 9.64 Å². The summed E-state index contributed by atoms with van der Waals surface area (Å²) in [4.78, 5) is 14.1. The predicted octanol–water partition coefficient (Wildman–Crippen LogP) is 2.79. The van der Waals surface area contributed by atoms with Crippen LogP contribution in [0.3, 0.4) is 0 Å². The number of sulfonamides is 1. The molecule has 0 aliphatic heterocycles. The molecule has 0 fully saturated rings. The van der Waals surface area contributed by atoms with Gasteiger partial charge in [-0.3, -0.25) is 4.79 Å². The number of hydrogen-bond acceptors (Lipinski definition) is 4. The molecule has 0 bridgehead atoms. The molecule has 0 unspecified atom stereocenters. The molecule has 0 aliphatic carbocycles. The van der Waals surface area contributed by atoms with E-state index in [9.17, 15) is 13.2 Å². The number of nitrogens with zero attached hydrogens (tertiary/aromatic N) is 1. The van der Waals surface area contributed by atoms with E-state index in [0.29, 0.717) is 36.0 Å². The van der Waals surface area contributed by atoms with Crippen LogP contribution in [0.25, 0.3) is 0 Å². The van der Waals surface area contributed by atoms with Crippen molar-refractivity contribution in [1.82, 2.24) is 9.62 Å². The summed E-state index contributed by atoms with van der Waals surface area (Å²) in [6.45, 7) is 2.66. The van der Waals surface area contributed by atoms with Gasteiger partial charge in [0.15, 0.2) is 0 Å². The van der Waals surface area contributed by atoms with Crippen LogP contribution in [0.15, 0.2) is 53.4 Å². The highest BCUT2D eigenvalue weighted by Gasteiger charge is 2.16. The molecule has 0 atom stereocenters. The minimum Gasteiger partial charge on any atom is -0.490 e. The number of para-hydroxylation sites is 1. The van der Waals surface area contributed by atoms with Crippen molar-refractivity contribution in [2.75, 3.05) is 26.7 Å². The summed E-state index contributed by atoms with van der Waals surface area (Å²) < 4.78 is 31.8. The minimum atomic E-state index is -3.53. The zero-order valence-electron chi connectivity index (χ0n) is 14.6. The Balaban J connectivity index is 1.94. The first-order chi connectivity index (χ1) is 12.3. The van der Waals surface area contributed by atoms with Gasteiger partial charge in [-0.15, -0.1) is 0 Å². The summed E-state index contributed by atoms with van der Waals surface area (Å²) in [5.41, 5.74) is 0.403. The highest BCUT2D eigenvalue weighted by atomic mass is 35.5. The van der Waals surface area contributed by atoms with E-state index in [2.05, 4.69) is 4.72 Å². The molecule has 0 spiro atoms. The fourth-order valence-electron chi connectivity index (χ4n) is 2.23. The lowest BCUT2D eigenvalue weighted by molar-refractivity contribution is 0.0773. The van der Waals surface area contributed by atoms with Crippen LogP contribution in [0.2, 0.25) is 5.02 Å². The Labute approximate surface area is 158 Å². The Hall–Kier alpha value is -2.09. The second-order valence-corrected chi connectivity index (χ2v) is 7.71. The molecule has 6 nitrogen and oxygen atoms in total. The second kappa shape index (κ2) is 9.02. The van der Waals surface area contributed by atoms with Crippen molar-refractivity contribution in [1.29, 1.82) is 0 Å². The van der Waals surface area contributed by atoms with Crippen LogP contribution in [-0.4, -0.2) is 46.0 Å². The van der Waals surface area contributed by atoms with Gasteiger partial charge in [-0.1, -0.05) is 30.7 Å². The fraction of sp³-hybridized carbons (Fsp3) is 0.278. The number of carbonyl (C=O) groups excluding carboxylic acids is 1. The van der Waals surface area contributed by atoms with E-state index in [-0.39, 0.29) is 10.8 Å². The fourth-order valence-corrected chi connectivity index (χ4v) is 3.46. The first kappa shape index (κ1) is 20.2. The third-order valence-corrected chi connectivity index (χ3v) is 5.49. The lowest BCUT2D eigenvalue weighted by Gasteiger charge is -2.18. The van der Waals surface area contributed by atoms with Crippen molar-refractivity contribution in [3.8, 4) is 5.75 Å². The van der Waals surface area contributed by atoms with Crippen molar-refractivity contribution < 1.29 is 17.9 Å². The molecule has 140 valence electrons. The molecule has 0 saturated carbocycles. The lowest BCUT2D eigenvalue weighted by Crippen LogP contribution is -2.31. The van der Waals surface area contributed by atoms with Gasteiger partial charge in [0.1, 0.15) is 12.4 Å². The van der Waals surface area contributed by atoms with Crippen molar-refractivity contribution in [3.05, 3.63) is 59.1 Å². The Morgan fingerprint density at radius 3 is 2.42 bits per heavy atom. The van der Waals surface area contributed by atoms with E-state index < -0.39 is 10.0 Å². The zero-order valence-corrected chi connectivity index (χ0v) is 16.2. The van der Waals surface area contributed by atoms with Crippen LogP contribution in [0.1, 0.15) is 17.3 Å². The Bertz CT molecular complexity index is 854. The average molecular weight is 397 g/mol. The van der Waals surface area contributed by atoms with Crippen molar-refractivity contribution in [2.24, 2.45) is 0 Å². The quantitative estimate of drug-likeness (QED) is 0.744. The zero-order chi connectivity index (χ0) is 19.2. The predicted molar refractivity (Wildman–Crippen MR) is 101 cm³/mol. The van der Waals surface area contributed by atoms with E-state index in [0.717, 1.165) is 0 Å². The number of nitrogens with one attached hydrogen (secondary N) is 1. The molecule has 1 N–H and O–H groups in total. The summed E-state index contributed by atoms with van der Waals surface area (Å²) in [5, 5.41) is 0.513. The molecule has 0 aliphatic rings. The van der Waals surface area contributed by atoms with Gasteiger partial charge in [0, 0.05) is 19.2 Å². The summed E-state index contributed by atoms with van der Waals surface area (Å²) >= 11 is 6.01. The van der Waals surface area contributed by atoms with E-state index in [1.54, 1.807) is 26.1 Å². The molecular weight excluding hydrogens is 376 g/mol. The molecule has 2 rings (SSSR count). The number of rotatable bonds is 8. The average Bonchev–Trinajstić information content (AvgIpc) is 2.62. The summed E-state index contributed by atoms with van der Waals surface area (Å²) in [6.07, 6.45) is 0. The Morgan fingerprint density at radius 1 is 1.15 bits per heavy atom. The standard InChI is InChI=1S/C18H21ClN2O4S/c1-3-20-26(23,24)15-10-8-14(9-11-15)18(22)21(2)12-13-25-17-7-5-4-6-16(17)19/h4-11,20H,3,12-13H2,1-2H3. The van der Waals surface area contributed by atoms with Crippen LogP contribution in [0.5, 0.6) is 5.75 Å². The number of likely N-dealkylation sites (N-methyl/N-ethyl adjacent to an activating group) is 1. The van der Waals surface area contributed by atoms with Gasteiger partial charge in [0.05, 0.1) is 16.5 Å². The molecule has 0 aromatic heterocycles. The van der Waals surface area contributed by atoms with Gasteiger partial charge in [-0.2, -0.15) is 0 Å². The van der Waals surface area contributed by atoms with Crippen molar-refractivity contribution in [3.63, 3.8) is 0 Å². The molecule has 26 heavy (non-hydrogen) atoms. The third kappa shape index (κ3) is 5.20. The van der Waals surface area contributed by atoms with Crippen molar-refractivity contribution in [2.45, 2.75) is 11.8 Å². The first-order valence-electron chi connectivity index (χ1n) is 8.07. The molecule has 2 aromatic carbocycles. The summed E-state index contributed by atoms with van der Waals surface area (Å²) in [5.74, 6) is 0.341. The number of benzene rings is 2. The van der Waals surface area contributed by atoms with Gasteiger partial charge in [0.2, 0.25) is 10.0 Å². The Kier molecular flexibility index (Phi) is 7.02. The topological polar surface area (TPSA) is 75.7 Å². The highest BCUT2D eigenvalue weighted by molar-refractivity contribution is 7.89. The van der Waals surface area contributed by atoms with Gasteiger partial charge in [-0.05, 0) is 36.4 Å². The monoisotopic (exact) mass is 396 g/mol. The maximum atomic E-state index is 12.4. The molecule has 1 amide bonds. The molecular formula is C18H21ClN2O4S. The van der Waals surface area contributed by atoms with Crippen LogP contribution in [0.4, 0.5) is 0 Å². The molecule has 0 saturated heterocycles. The number of halogens is 1. The molecule has 0 heterocycles. The van der Waals surface area contributed by atoms with E-state index in [4.69, 9.17) is 16.3 Å². The van der Waals surface area contributed by atoms with Crippen LogP contribution >= 0.6 is 11.6 Å². The molecule has 8 heteroatoms. The van der Waals surface area contributed by atoms with Crippen LogP contribution < -0.4 is 9.46 Å². The largest absolute Gasteiger partial charge is 0.490 e. The summed E-state index contributed by atoms with van der Waals surface area (Å²) in [6, 6.07) is 12.9. The summed E-state index contributed by atoms with van der Waals surface area (Å²) in [7, 11) is -1.88. The van der Waals surface area contributed by atoms with Gasteiger partial charge in [0.25, 0.3) is 5.91 Å². The Morgan fingerprint density at radius 2 is 1.81 bits per heavy atom. The normalized spacial score (nSPS) is 11.2. The van der Waals surface area contributed by atoms with Crippen molar-refractivity contribution >= 4 is 27.5 Å². The molecule has 2 aromatic rings. The van der Waals surface area contributed by atoms with E-state index in [1.807, 2.05) is 12.1 Å². The first-order valence-corrected chi connectivity index (χ1v) is 9.94. The highest BCUT2D eigenvalue weighted by Crippen LogP contribution is 2.22. The van der Waals surface area contributed by atoms with E-state index >= 15 is 0 Å². The third-order valence-electron chi connectivity index (χ3n) is 3.61. The van der Waals surface area contributed by atoms with Crippen LogP contribution in [-0.2, 0) is 10.0 Å². The van der Waals surface area contributed by atoms with E-state index in [1.165, 1.54) is 29.2 Å². The molecule has 0 radical (unpaired) electrons. The number of amides is 1. The second-order valence-electron chi connectivity index (χ2n) is 5.53. The lowest BCUT2D eigenvalue weighted by atomic mass is 10.2. The van der Waals surface area contributed by atoms with Crippen LogP contribution in [0, 0.1) is 0 Å². The number of ether oxygens (including phenoxy) is 1. The minimum absolute atomic E-state index is 0.126. The number of carbonyl (C=O) groups is 1. The van der Waals surface area contributed by atoms with Gasteiger partial charge >= 0.3 is 0 Å². The SMILES string of the molecule is CCNS(=O)(=O)c1ccc(C(=O)N(C)CCOc2ccccc2Cl)cc1. The smallest absolute Gasteiger partial charge is 0.253 e. The van der Waals surface area contributed by atoms with Gasteiger partial charge in [-0.25, -0.2) is 13.1 Å². The number of hydrogen-bond donors (Lipinski definition) is 1. The maximum absolute atomic E-state index is 12.4. The maximum Gasteiger partial charge on any atom is 0.253 e.